The Morgan fingerprint density at radius 1 is 0.903 bits per heavy atom. The highest BCUT2D eigenvalue weighted by Gasteiger charge is 2.33. The number of alkyl halides is 2. The van der Waals surface area contributed by atoms with Gasteiger partial charge in [-0.05, 0) is 24.3 Å². The maximum absolute atomic E-state index is 12.9. The van der Waals surface area contributed by atoms with Gasteiger partial charge in [-0.3, -0.25) is 9.59 Å². The second kappa shape index (κ2) is 8.83. The Morgan fingerprint density at radius 2 is 1.48 bits per heavy atom. The van der Waals surface area contributed by atoms with Crippen LogP contribution in [0.25, 0.3) is 0 Å². The number of rotatable bonds is 6. The van der Waals surface area contributed by atoms with Crippen molar-refractivity contribution in [3.05, 3.63) is 83.9 Å². The van der Waals surface area contributed by atoms with E-state index in [1.54, 1.807) is 54.6 Å². The number of fused-ring (bicyclic) bond motifs is 2. The SMILES string of the molecule is O=C(COC(=O)C1c2ccccc2Oc2ccccc21)Nc1ccccc1OC(F)F. The molecule has 0 bridgehead atoms. The number of nitrogens with one attached hydrogen (secondary N) is 1. The van der Waals surface area contributed by atoms with Crippen molar-refractivity contribution in [3.8, 4) is 17.2 Å². The highest BCUT2D eigenvalue weighted by atomic mass is 19.3. The Kier molecular flexibility index (Phi) is 5.79. The third-order valence-corrected chi connectivity index (χ3v) is 4.64. The van der Waals surface area contributed by atoms with E-state index in [4.69, 9.17) is 9.47 Å². The second-order valence-electron chi connectivity index (χ2n) is 6.64. The molecule has 3 aromatic carbocycles. The number of esters is 1. The van der Waals surface area contributed by atoms with Crippen LogP contribution in [-0.2, 0) is 14.3 Å². The van der Waals surface area contributed by atoms with Gasteiger partial charge in [0.1, 0.15) is 23.2 Å². The van der Waals surface area contributed by atoms with Gasteiger partial charge < -0.3 is 19.5 Å². The van der Waals surface area contributed by atoms with E-state index in [9.17, 15) is 18.4 Å². The number of para-hydroxylation sites is 4. The predicted octanol–water partition coefficient (Wildman–Crippen LogP) is 4.71. The molecule has 1 amide bonds. The van der Waals surface area contributed by atoms with Crippen LogP contribution in [0.15, 0.2) is 72.8 Å². The van der Waals surface area contributed by atoms with Crippen molar-refractivity contribution in [1.29, 1.82) is 0 Å². The minimum absolute atomic E-state index is 0.0469. The molecule has 0 atom stereocenters. The number of amides is 1. The van der Waals surface area contributed by atoms with Crippen LogP contribution in [0.5, 0.6) is 17.2 Å². The maximum atomic E-state index is 12.9. The van der Waals surface area contributed by atoms with E-state index >= 15 is 0 Å². The molecule has 0 saturated carbocycles. The van der Waals surface area contributed by atoms with Gasteiger partial charge in [0.2, 0.25) is 0 Å². The summed E-state index contributed by atoms with van der Waals surface area (Å²) in [5.41, 5.74) is 1.30. The lowest BCUT2D eigenvalue weighted by molar-refractivity contribution is -0.148. The van der Waals surface area contributed by atoms with Gasteiger partial charge in [0.25, 0.3) is 5.91 Å². The lowest BCUT2D eigenvalue weighted by Crippen LogP contribution is -2.26. The highest BCUT2D eigenvalue weighted by Crippen LogP contribution is 2.44. The molecule has 0 fully saturated rings. The Balaban J connectivity index is 1.47. The summed E-state index contributed by atoms with van der Waals surface area (Å²) in [6.45, 7) is -3.63. The Morgan fingerprint density at radius 3 is 2.13 bits per heavy atom. The molecule has 3 aromatic rings. The smallest absolute Gasteiger partial charge is 0.387 e. The van der Waals surface area contributed by atoms with E-state index < -0.39 is 31.0 Å². The quantitative estimate of drug-likeness (QED) is 0.579. The van der Waals surface area contributed by atoms with Gasteiger partial charge in [0.05, 0.1) is 5.69 Å². The van der Waals surface area contributed by atoms with Crippen LogP contribution >= 0.6 is 0 Å². The molecule has 0 aliphatic carbocycles. The van der Waals surface area contributed by atoms with E-state index in [1.807, 2.05) is 0 Å². The number of hydrogen-bond donors (Lipinski definition) is 1. The Bertz CT molecular complexity index is 1070. The topological polar surface area (TPSA) is 73.9 Å². The van der Waals surface area contributed by atoms with E-state index in [0.29, 0.717) is 22.6 Å². The van der Waals surface area contributed by atoms with Crippen LogP contribution in [0, 0.1) is 0 Å². The molecule has 31 heavy (non-hydrogen) atoms. The zero-order chi connectivity index (χ0) is 21.8. The number of halogens is 2. The molecule has 4 rings (SSSR count). The molecule has 0 radical (unpaired) electrons. The van der Waals surface area contributed by atoms with Gasteiger partial charge in [-0.15, -0.1) is 0 Å². The zero-order valence-corrected chi connectivity index (χ0v) is 16.1. The first-order valence-electron chi connectivity index (χ1n) is 9.39. The monoisotopic (exact) mass is 425 g/mol. The summed E-state index contributed by atoms with van der Waals surface area (Å²) < 4.78 is 40.5. The van der Waals surface area contributed by atoms with Crippen molar-refractivity contribution >= 4 is 17.6 Å². The minimum Gasteiger partial charge on any atom is -0.457 e. The molecule has 0 saturated heterocycles. The van der Waals surface area contributed by atoms with E-state index in [2.05, 4.69) is 10.1 Å². The Labute approximate surface area is 176 Å². The maximum Gasteiger partial charge on any atom is 0.387 e. The molecular weight excluding hydrogens is 408 g/mol. The van der Waals surface area contributed by atoms with Crippen LogP contribution in [0.3, 0.4) is 0 Å². The van der Waals surface area contributed by atoms with Gasteiger partial charge in [-0.25, -0.2) is 0 Å². The fourth-order valence-corrected chi connectivity index (χ4v) is 3.34. The summed E-state index contributed by atoms with van der Waals surface area (Å²) in [6, 6.07) is 19.9. The van der Waals surface area contributed by atoms with Crippen molar-refractivity contribution in [2.45, 2.75) is 12.5 Å². The first-order chi connectivity index (χ1) is 15.0. The first-order valence-corrected chi connectivity index (χ1v) is 9.39. The van der Waals surface area contributed by atoms with Gasteiger partial charge in [-0.2, -0.15) is 8.78 Å². The fourth-order valence-electron chi connectivity index (χ4n) is 3.34. The third kappa shape index (κ3) is 4.48. The molecule has 1 aliphatic heterocycles. The predicted molar refractivity (Wildman–Crippen MR) is 107 cm³/mol. The van der Waals surface area contributed by atoms with Crippen LogP contribution < -0.4 is 14.8 Å². The number of hydrogen-bond acceptors (Lipinski definition) is 5. The molecule has 6 nitrogen and oxygen atoms in total. The standard InChI is InChI=1S/C23H17F2NO5/c24-23(25)31-19-12-6-3-9-16(19)26-20(27)13-29-22(28)21-14-7-1-4-10-17(14)30-18-11-5-2-8-15(18)21/h1-12,21,23H,13H2,(H,26,27). The van der Waals surface area contributed by atoms with E-state index in [0.717, 1.165) is 0 Å². The molecule has 1 N–H and O–H groups in total. The summed E-state index contributed by atoms with van der Waals surface area (Å²) in [7, 11) is 0. The van der Waals surface area contributed by atoms with Crippen LogP contribution in [0.4, 0.5) is 14.5 Å². The second-order valence-corrected chi connectivity index (χ2v) is 6.64. The molecule has 1 heterocycles. The summed E-state index contributed by atoms with van der Waals surface area (Å²) >= 11 is 0. The number of anilines is 1. The lowest BCUT2D eigenvalue weighted by atomic mass is 9.88. The lowest BCUT2D eigenvalue weighted by Gasteiger charge is -2.26. The van der Waals surface area contributed by atoms with Crippen molar-refractivity contribution < 1.29 is 32.6 Å². The average Bonchev–Trinajstić information content (AvgIpc) is 2.77. The van der Waals surface area contributed by atoms with Crippen molar-refractivity contribution in [2.75, 3.05) is 11.9 Å². The zero-order valence-electron chi connectivity index (χ0n) is 16.1. The first kappa shape index (κ1) is 20.3. The van der Waals surface area contributed by atoms with Gasteiger partial charge in [-0.1, -0.05) is 48.5 Å². The fraction of sp³-hybridized carbons (Fsp3) is 0.130. The molecular formula is C23H17F2NO5. The summed E-state index contributed by atoms with van der Waals surface area (Å²) in [5, 5.41) is 2.41. The molecule has 0 aromatic heterocycles. The molecule has 1 aliphatic rings. The summed E-state index contributed by atoms with van der Waals surface area (Å²) in [4.78, 5) is 25.2. The van der Waals surface area contributed by atoms with Gasteiger partial charge in [0, 0.05) is 11.1 Å². The molecule has 0 spiro atoms. The van der Waals surface area contributed by atoms with Crippen LogP contribution in [-0.4, -0.2) is 25.1 Å². The Hall–Kier alpha value is -3.94. The molecule has 158 valence electrons. The average molecular weight is 425 g/mol. The minimum atomic E-state index is -3.04. The normalized spacial score (nSPS) is 12.4. The van der Waals surface area contributed by atoms with Crippen molar-refractivity contribution in [1.82, 2.24) is 0 Å². The van der Waals surface area contributed by atoms with E-state index in [1.165, 1.54) is 18.2 Å². The van der Waals surface area contributed by atoms with Crippen LogP contribution in [0.1, 0.15) is 17.0 Å². The number of carbonyl (C=O) groups is 2. The summed E-state index contributed by atoms with van der Waals surface area (Å²) in [5.74, 6) is -1.20. The largest absolute Gasteiger partial charge is 0.457 e. The third-order valence-electron chi connectivity index (χ3n) is 4.64. The van der Waals surface area contributed by atoms with E-state index in [-0.39, 0.29) is 11.4 Å². The van der Waals surface area contributed by atoms with Crippen LogP contribution in [0.2, 0.25) is 0 Å². The van der Waals surface area contributed by atoms with Crippen molar-refractivity contribution in [2.24, 2.45) is 0 Å². The highest BCUT2D eigenvalue weighted by molar-refractivity contribution is 5.95. The number of benzene rings is 3. The van der Waals surface area contributed by atoms with Gasteiger partial charge >= 0.3 is 12.6 Å². The molecule has 8 heteroatoms. The molecule has 0 unspecified atom stereocenters. The van der Waals surface area contributed by atoms with Crippen molar-refractivity contribution in [3.63, 3.8) is 0 Å². The number of ether oxygens (including phenoxy) is 3. The number of carbonyl (C=O) groups excluding carboxylic acids is 2. The van der Waals surface area contributed by atoms with Gasteiger partial charge in [0.15, 0.2) is 6.61 Å². The summed E-state index contributed by atoms with van der Waals surface area (Å²) in [6.07, 6.45) is 0.